The first-order chi connectivity index (χ1) is 8.24. The topological polar surface area (TPSA) is 45.6 Å². The van der Waals surface area contributed by atoms with Gasteiger partial charge in [-0.3, -0.25) is 5.43 Å². The number of halogens is 1. The van der Waals surface area contributed by atoms with Crippen LogP contribution in [-0.2, 0) is 4.74 Å². The first kappa shape index (κ1) is 13.9. The highest BCUT2D eigenvalue weighted by molar-refractivity contribution is 7.80. The van der Waals surface area contributed by atoms with Crippen LogP contribution in [0.1, 0.15) is 5.56 Å². The maximum atomic E-state index is 5.96. The Balaban J connectivity index is 2.35. The van der Waals surface area contributed by atoms with E-state index in [1.807, 2.05) is 18.2 Å². The second-order valence-electron chi connectivity index (χ2n) is 3.14. The van der Waals surface area contributed by atoms with Gasteiger partial charge in [0.25, 0.3) is 0 Å². The summed E-state index contributed by atoms with van der Waals surface area (Å²) in [4.78, 5) is 0. The number of benzene rings is 1. The summed E-state index contributed by atoms with van der Waals surface area (Å²) in [6.45, 7) is 1.24. The Morgan fingerprint density at radius 3 is 3.00 bits per heavy atom. The van der Waals surface area contributed by atoms with E-state index >= 15 is 0 Å². The zero-order valence-electron chi connectivity index (χ0n) is 9.44. The second-order valence-corrected chi connectivity index (χ2v) is 3.96. The lowest BCUT2D eigenvalue weighted by Crippen LogP contribution is -2.34. The lowest BCUT2D eigenvalue weighted by molar-refractivity contribution is 0.204. The largest absolute Gasteiger partial charge is 0.383 e. The van der Waals surface area contributed by atoms with Crippen LogP contribution >= 0.6 is 23.8 Å². The molecule has 1 aromatic rings. The van der Waals surface area contributed by atoms with Crippen molar-refractivity contribution in [1.29, 1.82) is 0 Å². The predicted octanol–water partition coefficient (Wildman–Crippen LogP) is 1.78. The van der Waals surface area contributed by atoms with E-state index in [-0.39, 0.29) is 0 Å². The molecule has 0 heterocycles. The first-order valence-electron chi connectivity index (χ1n) is 5.04. The molecule has 0 aliphatic carbocycles. The van der Waals surface area contributed by atoms with Crippen LogP contribution in [0.4, 0.5) is 0 Å². The molecule has 0 atom stereocenters. The third-order valence-electron chi connectivity index (χ3n) is 1.87. The highest BCUT2D eigenvalue weighted by atomic mass is 35.5. The predicted molar refractivity (Wildman–Crippen MR) is 74.7 cm³/mol. The molecule has 0 aromatic heterocycles. The fourth-order valence-electron chi connectivity index (χ4n) is 1.05. The molecular formula is C11H14ClN3OS. The fourth-order valence-corrected chi connectivity index (χ4v) is 1.39. The summed E-state index contributed by atoms with van der Waals surface area (Å²) in [5.74, 6) is 0. The van der Waals surface area contributed by atoms with Crippen molar-refractivity contribution < 1.29 is 4.74 Å². The Hall–Kier alpha value is -1.17. The summed E-state index contributed by atoms with van der Waals surface area (Å²) in [7, 11) is 1.63. The van der Waals surface area contributed by atoms with Gasteiger partial charge in [-0.25, -0.2) is 0 Å². The molecule has 0 saturated heterocycles. The van der Waals surface area contributed by atoms with E-state index in [0.717, 1.165) is 5.56 Å². The Morgan fingerprint density at radius 1 is 1.53 bits per heavy atom. The number of methoxy groups -OCH3 is 1. The minimum absolute atomic E-state index is 0.449. The van der Waals surface area contributed by atoms with E-state index in [0.29, 0.717) is 23.3 Å². The molecular weight excluding hydrogens is 258 g/mol. The fraction of sp³-hybridized carbons (Fsp3) is 0.273. The smallest absolute Gasteiger partial charge is 0.187 e. The van der Waals surface area contributed by atoms with Gasteiger partial charge in [0.05, 0.1) is 12.8 Å². The van der Waals surface area contributed by atoms with Crippen molar-refractivity contribution in [3.63, 3.8) is 0 Å². The maximum Gasteiger partial charge on any atom is 0.187 e. The zero-order valence-corrected chi connectivity index (χ0v) is 11.0. The summed E-state index contributed by atoms with van der Waals surface area (Å²) in [6, 6.07) is 7.43. The molecule has 0 bridgehead atoms. The number of hydrogen-bond acceptors (Lipinski definition) is 3. The van der Waals surface area contributed by atoms with E-state index in [1.165, 1.54) is 0 Å². The molecule has 6 heteroatoms. The lowest BCUT2D eigenvalue weighted by Gasteiger charge is -2.05. The summed E-state index contributed by atoms with van der Waals surface area (Å²) in [6.07, 6.45) is 1.62. The van der Waals surface area contributed by atoms with Gasteiger partial charge in [0.2, 0.25) is 0 Å². The van der Waals surface area contributed by atoms with Gasteiger partial charge in [-0.1, -0.05) is 29.8 Å². The van der Waals surface area contributed by atoms with Crippen LogP contribution in [-0.4, -0.2) is 31.6 Å². The van der Waals surface area contributed by atoms with Crippen LogP contribution in [0.2, 0.25) is 5.02 Å². The van der Waals surface area contributed by atoms with Crippen LogP contribution in [0.5, 0.6) is 0 Å². The molecule has 0 aliphatic rings. The molecule has 0 unspecified atom stereocenters. The molecule has 0 aliphatic heterocycles. The van der Waals surface area contributed by atoms with Crippen LogP contribution in [0, 0.1) is 0 Å². The van der Waals surface area contributed by atoms with Crippen LogP contribution < -0.4 is 10.7 Å². The van der Waals surface area contributed by atoms with Gasteiger partial charge in [-0.05, 0) is 18.3 Å². The minimum atomic E-state index is 0.449. The highest BCUT2D eigenvalue weighted by Gasteiger charge is 1.94. The van der Waals surface area contributed by atoms with Gasteiger partial charge in [0.1, 0.15) is 0 Å². The quantitative estimate of drug-likeness (QED) is 0.371. The maximum absolute atomic E-state index is 5.96. The summed E-state index contributed by atoms with van der Waals surface area (Å²) in [5.41, 5.74) is 3.53. The van der Waals surface area contributed by atoms with Crippen molar-refractivity contribution in [3.8, 4) is 0 Å². The van der Waals surface area contributed by atoms with E-state index in [1.54, 1.807) is 19.4 Å². The Bertz CT molecular complexity index is 398. The third-order valence-corrected chi connectivity index (χ3v) is 2.45. The van der Waals surface area contributed by atoms with Gasteiger partial charge < -0.3 is 10.1 Å². The molecule has 4 nitrogen and oxygen atoms in total. The Kier molecular flexibility index (Phi) is 6.54. The number of thiocarbonyl (C=S) groups is 1. The van der Waals surface area contributed by atoms with Gasteiger partial charge in [0, 0.05) is 24.2 Å². The van der Waals surface area contributed by atoms with E-state index in [2.05, 4.69) is 15.8 Å². The summed E-state index contributed by atoms with van der Waals surface area (Å²) in [5, 5.41) is 8.01. The molecule has 92 valence electrons. The standard InChI is InChI=1S/C11H14ClN3OS/c1-16-7-6-13-11(17)15-14-8-9-4-2-3-5-10(9)12/h2-5,8H,6-7H2,1H3,(H2,13,15,17)/b14-8-. The van der Waals surface area contributed by atoms with Crippen molar-refractivity contribution in [2.45, 2.75) is 0 Å². The lowest BCUT2D eigenvalue weighted by atomic mass is 10.2. The number of nitrogens with zero attached hydrogens (tertiary/aromatic N) is 1. The van der Waals surface area contributed by atoms with Gasteiger partial charge >= 0.3 is 0 Å². The molecule has 17 heavy (non-hydrogen) atoms. The second kappa shape index (κ2) is 8.00. The molecule has 0 saturated carbocycles. The average molecular weight is 272 g/mol. The van der Waals surface area contributed by atoms with Gasteiger partial charge in [-0.15, -0.1) is 0 Å². The first-order valence-corrected chi connectivity index (χ1v) is 5.83. The van der Waals surface area contributed by atoms with Crippen LogP contribution in [0.25, 0.3) is 0 Å². The molecule has 2 N–H and O–H groups in total. The van der Waals surface area contributed by atoms with E-state index in [9.17, 15) is 0 Å². The van der Waals surface area contributed by atoms with Gasteiger partial charge in [0.15, 0.2) is 5.11 Å². The van der Waals surface area contributed by atoms with E-state index < -0.39 is 0 Å². The minimum Gasteiger partial charge on any atom is -0.383 e. The normalized spacial score (nSPS) is 10.5. The number of ether oxygens (including phenoxy) is 1. The summed E-state index contributed by atoms with van der Waals surface area (Å²) < 4.78 is 4.88. The molecule has 1 aromatic carbocycles. The number of rotatable bonds is 5. The Labute approximate surface area is 111 Å². The van der Waals surface area contributed by atoms with Crippen molar-refractivity contribution in [2.24, 2.45) is 5.10 Å². The average Bonchev–Trinajstić information content (AvgIpc) is 2.32. The molecule has 0 spiro atoms. The van der Waals surface area contributed by atoms with Crippen LogP contribution in [0.15, 0.2) is 29.4 Å². The third kappa shape index (κ3) is 5.63. The SMILES string of the molecule is COCCNC(=S)N/N=C\c1ccccc1Cl. The van der Waals surface area contributed by atoms with Crippen molar-refractivity contribution >= 4 is 35.1 Å². The molecule has 0 fully saturated rings. The van der Waals surface area contributed by atoms with Crippen LogP contribution in [0.3, 0.4) is 0 Å². The number of hydrazone groups is 1. The highest BCUT2D eigenvalue weighted by Crippen LogP contribution is 2.11. The van der Waals surface area contributed by atoms with E-state index in [4.69, 9.17) is 28.6 Å². The molecule has 0 radical (unpaired) electrons. The van der Waals surface area contributed by atoms with Crippen molar-refractivity contribution in [1.82, 2.24) is 10.7 Å². The molecule has 0 amide bonds. The summed E-state index contributed by atoms with van der Waals surface area (Å²) >= 11 is 10.9. The monoisotopic (exact) mass is 271 g/mol. The number of hydrogen-bond donors (Lipinski definition) is 2. The zero-order chi connectivity index (χ0) is 12.5. The van der Waals surface area contributed by atoms with Gasteiger partial charge in [-0.2, -0.15) is 5.10 Å². The molecule has 1 rings (SSSR count). The Morgan fingerprint density at radius 2 is 2.29 bits per heavy atom. The van der Waals surface area contributed by atoms with Crippen molar-refractivity contribution in [2.75, 3.05) is 20.3 Å². The van der Waals surface area contributed by atoms with Crippen molar-refractivity contribution in [3.05, 3.63) is 34.9 Å². The number of nitrogens with one attached hydrogen (secondary N) is 2.